The highest BCUT2D eigenvalue weighted by molar-refractivity contribution is 6.81. The SMILES string of the molecule is C[Si]1(C(Nc2c(-c3c(F)cc(F)cc3F)c(Cl)nc3ncnn23)C(F)(F)F)CCCC1. The largest absolute Gasteiger partial charge is 0.405 e. The average molecular weight is 480 g/mol. The number of hydrogen-bond donors (Lipinski definition) is 1. The van der Waals surface area contributed by atoms with Crippen molar-refractivity contribution < 1.29 is 26.3 Å². The second-order valence-electron chi connectivity index (χ2n) is 7.82. The number of rotatable bonds is 4. The minimum Gasteiger partial charge on any atom is -0.361 e. The highest BCUT2D eigenvalue weighted by Gasteiger charge is 2.54. The van der Waals surface area contributed by atoms with E-state index in [1.165, 1.54) is 0 Å². The van der Waals surface area contributed by atoms with E-state index < -0.39 is 59.5 Å². The summed E-state index contributed by atoms with van der Waals surface area (Å²) in [5, 5.41) is 5.82. The number of aromatic nitrogens is 4. The van der Waals surface area contributed by atoms with Crippen molar-refractivity contribution in [3.8, 4) is 11.1 Å². The molecular weight excluding hydrogens is 464 g/mol. The summed E-state index contributed by atoms with van der Waals surface area (Å²) >= 11 is 6.15. The van der Waals surface area contributed by atoms with Gasteiger partial charge >= 0.3 is 6.18 Å². The van der Waals surface area contributed by atoms with Crippen LogP contribution < -0.4 is 5.32 Å². The molecule has 0 saturated carbocycles. The first-order valence-electron chi connectivity index (χ1n) is 9.39. The number of benzene rings is 1. The maximum atomic E-state index is 14.6. The Morgan fingerprint density at radius 2 is 1.71 bits per heavy atom. The molecule has 3 aromatic rings. The van der Waals surface area contributed by atoms with Crippen molar-refractivity contribution >= 4 is 31.3 Å². The molecule has 1 aliphatic heterocycles. The van der Waals surface area contributed by atoms with Gasteiger partial charge < -0.3 is 5.32 Å². The van der Waals surface area contributed by atoms with E-state index in [-0.39, 0.29) is 5.78 Å². The van der Waals surface area contributed by atoms with Gasteiger partial charge in [-0.15, -0.1) is 0 Å². The second-order valence-corrected chi connectivity index (χ2v) is 13.1. The first-order valence-corrected chi connectivity index (χ1v) is 12.8. The monoisotopic (exact) mass is 479 g/mol. The third-order valence-corrected chi connectivity index (χ3v) is 10.8. The highest BCUT2D eigenvalue weighted by atomic mass is 35.5. The van der Waals surface area contributed by atoms with Gasteiger partial charge in [-0.2, -0.15) is 32.8 Å². The van der Waals surface area contributed by atoms with Crippen LogP contribution in [-0.2, 0) is 0 Å². The van der Waals surface area contributed by atoms with Gasteiger partial charge in [-0.3, -0.25) is 0 Å². The number of alkyl halides is 3. The summed E-state index contributed by atoms with van der Waals surface area (Å²) in [4.78, 5) is 7.70. The van der Waals surface area contributed by atoms with Gasteiger partial charge in [0.2, 0.25) is 0 Å². The lowest BCUT2D eigenvalue weighted by Crippen LogP contribution is -2.56. The second kappa shape index (κ2) is 7.66. The minimum atomic E-state index is -4.63. The maximum Gasteiger partial charge on any atom is 0.405 e. The number of hydrogen-bond acceptors (Lipinski definition) is 4. The van der Waals surface area contributed by atoms with Crippen molar-refractivity contribution in [3.63, 3.8) is 0 Å². The van der Waals surface area contributed by atoms with Crippen LogP contribution >= 0.6 is 11.6 Å². The minimum absolute atomic E-state index is 0.154. The maximum absolute atomic E-state index is 14.6. The fraction of sp³-hybridized carbons (Fsp3) is 0.389. The lowest BCUT2D eigenvalue weighted by atomic mass is 10.1. The van der Waals surface area contributed by atoms with Crippen LogP contribution in [0.15, 0.2) is 18.5 Å². The zero-order valence-electron chi connectivity index (χ0n) is 16.1. The molecule has 1 aliphatic rings. The van der Waals surface area contributed by atoms with E-state index in [4.69, 9.17) is 11.6 Å². The van der Waals surface area contributed by atoms with Crippen molar-refractivity contribution in [2.75, 3.05) is 5.32 Å². The number of nitrogens with one attached hydrogen (secondary N) is 1. The zero-order chi connectivity index (χ0) is 22.6. The molecule has 0 bridgehead atoms. The molecular formula is C18H16ClF6N5Si. The Morgan fingerprint density at radius 1 is 1.10 bits per heavy atom. The molecule has 0 amide bonds. The molecule has 0 spiro atoms. The molecule has 1 atom stereocenters. The van der Waals surface area contributed by atoms with E-state index in [9.17, 15) is 26.3 Å². The van der Waals surface area contributed by atoms with Gasteiger partial charge in [0.05, 0.1) is 19.2 Å². The summed E-state index contributed by atoms with van der Waals surface area (Å²) in [5.74, 6) is -4.41. The molecule has 0 aliphatic carbocycles. The standard InChI is InChI=1S/C18H16ClF6N5Si/c1-31(4-2-3-5-31)16(18(23,24)25)29-15-13(12-10(21)6-9(20)7-11(12)22)14(19)28-17-26-8-27-30(15)17/h6-8,16,29H,2-5H2,1H3. The summed E-state index contributed by atoms with van der Waals surface area (Å²) < 4.78 is 86.0. The predicted molar refractivity (Wildman–Crippen MR) is 105 cm³/mol. The highest BCUT2D eigenvalue weighted by Crippen LogP contribution is 2.43. The van der Waals surface area contributed by atoms with E-state index in [1.54, 1.807) is 6.55 Å². The quantitative estimate of drug-likeness (QED) is 0.300. The Morgan fingerprint density at radius 3 is 2.29 bits per heavy atom. The fourth-order valence-corrected chi connectivity index (χ4v) is 8.69. The number of nitrogens with zero attached hydrogens (tertiary/aromatic N) is 4. The van der Waals surface area contributed by atoms with Gasteiger partial charge in [0.1, 0.15) is 40.4 Å². The summed E-state index contributed by atoms with van der Waals surface area (Å²) in [6.45, 7) is 1.64. The van der Waals surface area contributed by atoms with Crippen molar-refractivity contribution in [1.29, 1.82) is 0 Å². The zero-order valence-corrected chi connectivity index (χ0v) is 17.8. The molecule has 1 aromatic carbocycles. The van der Waals surface area contributed by atoms with Crippen LogP contribution in [0.1, 0.15) is 12.8 Å². The van der Waals surface area contributed by atoms with Crippen molar-refractivity contribution in [2.45, 2.75) is 43.3 Å². The smallest absolute Gasteiger partial charge is 0.361 e. The van der Waals surface area contributed by atoms with Gasteiger partial charge in [0.15, 0.2) is 0 Å². The molecule has 1 N–H and O–H groups in total. The topological polar surface area (TPSA) is 55.1 Å². The summed E-state index contributed by atoms with van der Waals surface area (Å²) in [7, 11) is -2.89. The van der Waals surface area contributed by atoms with Gasteiger partial charge in [0.25, 0.3) is 5.78 Å². The Kier molecular flexibility index (Phi) is 5.40. The summed E-state index contributed by atoms with van der Waals surface area (Å²) in [5.41, 5.74) is -3.23. The van der Waals surface area contributed by atoms with Gasteiger partial charge in [0, 0.05) is 12.1 Å². The molecule has 13 heteroatoms. The number of anilines is 1. The predicted octanol–water partition coefficient (Wildman–Crippen LogP) is 5.62. The molecule has 166 valence electrons. The van der Waals surface area contributed by atoms with E-state index >= 15 is 0 Å². The van der Waals surface area contributed by atoms with Crippen LogP contribution in [0.5, 0.6) is 0 Å². The molecule has 1 unspecified atom stereocenters. The number of fused-ring (bicyclic) bond motifs is 1. The Bertz CT molecular complexity index is 1120. The van der Waals surface area contributed by atoms with Crippen LogP contribution in [0.2, 0.25) is 23.8 Å². The van der Waals surface area contributed by atoms with Crippen molar-refractivity contribution in [2.24, 2.45) is 0 Å². The molecule has 3 heterocycles. The lowest BCUT2D eigenvalue weighted by Gasteiger charge is -2.35. The van der Waals surface area contributed by atoms with Crippen molar-refractivity contribution in [3.05, 3.63) is 41.1 Å². The number of halogens is 7. The Balaban J connectivity index is 1.97. The lowest BCUT2D eigenvalue weighted by molar-refractivity contribution is -0.127. The molecule has 1 saturated heterocycles. The fourth-order valence-electron chi connectivity index (χ4n) is 4.21. The summed E-state index contributed by atoms with van der Waals surface area (Å²) in [6.07, 6.45) is -2.24. The Labute approximate surface area is 178 Å². The molecule has 0 radical (unpaired) electrons. The summed E-state index contributed by atoms with van der Waals surface area (Å²) in [6, 6.07) is 1.72. The van der Waals surface area contributed by atoms with Crippen LogP contribution in [-0.4, -0.2) is 39.5 Å². The molecule has 1 fully saturated rings. The van der Waals surface area contributed by atoms with Crippen molar-refractivity contribution in [1.82, 2.24) is 19.6 Å². The average Bonchev–Trinajstić information content (AvgIpc) is 3.28. The first kappa shape index (κ1) is 21.9. The van der Waals surface area contributed by atoms with Gasteiger partial charge in [-0.25, -0.2) is 13.2 Å². The molecule has 4 rings (SSSR count). The van der Waals surface area contributed by atoms with Crippen LogP contribution in [0, 0.1) is 17.5 Å². The third-order valence-electron chi connectivity index (χ3n) is 5.69. The normalized spacial score (nSPS) is 17.3. The van der Waals surface area contributed by atoms with E-state index in [0.29, 0.717) is 37.1 Å². The third kappa shape index (κ3) is 3.86. The van der Waals surface area contributed by atoms with Crippen LogP contribution in [0.3, 0.4) is 0 Å². The van der Waals surface area contributed by atoms with Crippen LogP contribution in [0.4, 0.5) is 32.2 Å². The van der Waals surface area contributed by atoms with Gasteiger partial charge in [-0.1, -0.05) is 43.1 Å². The van der Waals surface area contributed by atoms with E-state index in [1.807, 2.05) is 0 Å². The molecule has 31 heavy (non-hydrogen) atoms. The first-order chi connectivity index (χ1) is 14.5. The van der Waals surface area contributed by atoms with Crippen LogP contribution in [0.25, 0.3) is 16.9 Å². The van der Waals surface area contributed by atoms with E-state index in [0.717, 1.165) is 10.8 Å². The van der Waals surface area contributed by atoms with E-state index in [2.05, 4.69) is 20.4 Å². The molecule has 5 nitrogen and oxygen atoms in total. The van der Waals surface area contributed by atoms with Gasteiger partial charge in [-0.05, 0) is 0 Å². The molecule has 2 aromatic heterocycles. The Hall–Kier alpha value is -2.34.